The van der Waals surface area contributed by atoms with Gasteiger partial charge >= 0.3 is 6.03 Å². The van der Waals surface area contributed by atoms with Gasteiger partial charge in [-0.05, 0) is 67.7 Å². The summed E-state index contributed by atoms with van der Waals surface area (Å²) in [6, 6.07) is 1.36. The van der Waals surface area contributed by atoms with Crippen LogP contribution in [0.15, 0.2) is 16.9 Å². The Morgan fingerprint density at radius 2 is 1.87 bits per heavy atom. The van der Waals surface area contributed by atoms with E-state index in [4.69, 9.17) is 10.1 Å². The highest BCUT2D eigenvalue weighted by Gasteiger charge is 2.32. The molecule has 3 aliphatic rings. The summed E-state index contributed by atoms with van der Waals surface area (Å²) in [7, 11) is -4.35. The maximum atomic E-state index is 12.7. The van der Waals surface area contributed by atoms with Crippen LogP contribution >= 0.6 is 0 Å². The van der Waals surface area contributed by atoms with E-state index >= 15 is 0 Å². The fraction of sp³-hybridized carbons (Fsp3) is 0.500. The third kappa shape index (κ3) is 3.89. The molecule has 30 heavy (non-hydrogen) atoms. The number of β-amino-alcohol motifs (C(OH)–C–C–N with tert-alkyl or cyclic N) is 1. The smallest absolute Gasteiger partial charge is 0.333 e. The van der Waals surface area contributed by atoms with Crippen LogP contribution in [-0.2, 0) is 40.4 Å². The molecule has 2 amide bonds. The van der Waals surface area contributed by atoms with Gasteiger partial charge in [-0.3, -0.25) is 0 Å². The second-order valence-electron chi connectivity index (χ2n) is 8.27. The number of nitrogens with one attached hydrogen (secondary N) is 4. The Morgan fingerprint density at radius 1 is 1.23 bits per heavy atom. The van der Waals surface area contributed by atoms with Crippen LogP contribution in [0.25, 0.3) is 0 Å². The van der Waals surface area contributed by atoms with Gasteiger partial charge in [0, 0.05) is 18.4 Å². The zero-order chi connectivity index (χ0) is 21.5. The molecule has 1 aliphatic heterocycles. The molecule has 10 heteroatoms. The summed E-state index contributed by atoms with van der Waals surface area (Å²) in [4.78, 5) is 12.1. The average molecular weight is 435 g/mol. The van der Waals surface area contributed by atoms with Gasteiger partial charge in [-0.1, -0.05) is 6.07 Å². The predicted octanol–water partition coefficient (Wildman–Crippen LogP) is 1.30. The minimum Gasteiger partial charge on any atom is -0.475 e. The standard InChI is InChI=1S/C20H26N4O5S/c1-20(26)10-22-18(29-11-20)16(9-21)30(27,28)24-19(25)23-17-14-6-2-4-12(14)8-13-5-3-7-15(13)17/h8-9,21-22,26H,2-7,10-11H2,1H3,(H2,23,24,25)/b18-16-,21-9?. The monoisotopic (exact) mass is 434 g/mol. The van der Waals surface area contributed by atoms with Crippen LogP contribution in [0.3, 0.4) is 0 Å². The van der Waals surface area contributed by atoms with E-state index in [9.17, 15) is 18.3 Å². The average Bonchev–Trinajstić information content (AvgIpc) is 3.32. The number of amides is 2. The summed E-state index contributed by atoms with van der Waals surface area (Å²) in [5.74, 6) is -0.168. The number of hydrogen-bond acceptors (Lipinski definition) is 7. The molecule has 2 aliphatic carbocycles. The molecule has 1 saturated heterocycles. The highest BCUT2D eigenvalue weighted by atomic mass is 32.2. The number of urea groups is 1. The summed E-state index contributed by atoms with van der Waals surface area (Å²) >= 11 is 0. The molecule has 1 atom stereocenters. The van der Waals surface area contributed by atoms with Gasteiger partial charge in [-0.15, -0.1) is 0 Å². The fourth-order valence-electron chi connectivity index (χ4n) is 4.31. The number of ether oxygens (including phenoxy) is 1. The van der Waals surface area contributed by atoms with Gasteiger partial charge in [0.25, 0.3) is 10.0 Å². The first-order valence-electron chi connectivity index (χ1n) is 10.0. The molecule has 162 valence electrons. The lowest BCUT2D eigenvalue weighted by molar-refractivity contribution is -0.0418. The fourth-order valence-corrected chi connectivity index (χ4v) is 5.24. The third-order valence-electron chi connectivity index (χ3n) is 5.74. The van der Waals surface area contributed by atoms with Gasteiger partial charge in [-0.2, -0.15) is 0 Å². The van der Waals surface area contributed by atoms with Gasteiger partial charge in [0.15, 0.2) is 4.91 Å². The van der Waals surface area contributed by atoms with Crippen LogP contribution in [-0.4, -0.2) is 44.5 Å². The van der Waals surface area contributed by atoms with Crippen molar-refractivity contribution in [2.75, 3.05) is 18.5 Å². The Kier molecular flexibility index (Phi) is 5.23. The van der Waals surface area contributed by atoms with Gasteiger partial charge in [0.05, 0.1) is 0 Å². The number of hydrogen-bond donors (Lipinski definition) is 5. The van der Waals surface area contributed by atoms with Crippen molar-refractivity contribution in [3.8, 4) is 0 Å². The zero-order valence-corrected chi connectivity index (χ0v) is 17.6. The number of allylic oxidation sites excluding steroid dienone is 1. The number of fused-ring (bicyclic) bond motifs is 2. The van der Waals surface area contributed by atoms with Crippen molar-refractivity contribution in [1.82, 2.24) is 10.0 Å². The van der Waals surface area contributed by atoms with Crippen LogP contribution in [0.2, 0.25) is 0 Å². The normalized spacial score (nSPS) is 24.2. The van der Waals surface area contributed by atoms with Gasteiger partial charge in [0.1, 0.15) is 12.2 Å². The molecule has 9 nitrogen and oxygen atoms in total. The molecule has 1 aromatic rings. The molecule has 0 saturated carbocycles. The van der Waals surface area contributed by atoms with Crippen molar-refractivity contribution in [2.24, 2.45) is 0 Å². The van der Waals surface area contributed by atoms with E-state index < -0.39 is 26.6 Å². The van der Waals surface area contributed by atoms with E-state index in [1.54, 1.807) is 0 Å². The Labute approximate surface area is 175 Å². The highest BCUT2D eigenvalue weighted by Crippen LogP contribution is 2.38. The third-order valence-corrected chi connectivity index (χ3v) is 7.08. The lowest BCUT2D eigenvalue weighted by Crippen LogP contribution is -2.48. The molecule has 1 aromatic carbocycles. The van der Waals surface area contributed by atoms with Crippen LogP contribution in [0, 0.1) is 5.41 Å². The molecule has 1 unspecified atom stereocenters. The summed E-state index contributed by atoms with van der Waals surface area (Å²) < 4.78 is 32.7. The Bertz CT molecular complexity index is 1000. The Balaban J connectivity index is 1.55. The SMILES string of the molecule is CC1(O)CN/C(=C(\C=N)S(=O)(=O)NC(=O)Nc2c3c(cc4c2CCC4)CCC3)OC1. The number of carbonyl (C=O) groups is 1. The summed E-state index contributed by atoms with van der Waals surface area (Å²) in [6.07, 6.45) is 6.29. The summed E-state index contributed by atoms with van der Waals surface area (Å²) in [5, 5.41) is 22.8. The highest BCUT2D eigenvalue weighted by molar-refractivity contribution is 7.94. The molecular weight excluding hydrogens is 408 g/mol. The van der Waals surface area contributed by atoms with Crippen molar-refractivity contribution in [3.05, 3.63) is 39.1 Å². The number of anilines is 1. The molecule has 1 fully saturated rings. The van der Waals surface area contributed by atoms with E-state index in [0.29, 0.717) is 6.21 Å². The molecule has 0 aromatic heterocycles. The van der Waals surface area contributed by atoms with Crippen LogP contribution < -0.4 is 15.4 Å². The predicted molar refractivity (Wildman–Crippen MR) is 112 cm³/mol. The van der Waals surface area contributed by atoms with Gasteiger partial charge in [-0.25, -0.2) is 17.9 Å². The molecule has 4 rings (SSSR count). The second kappa shape index (κ2) is 7.59. The largest absolute Gasteiger partial charge is 0.475 e. The molecule has 5 N–H and O–H groups in total. The number of rotatable bonds is 4. The van der Waals surface area contributed by atoms with Gasteiger partial charge in [0.2, 0.25) is 5.88 Å². The molecule has 0 spiro atoms. The second-order valence-corrected chi connectivity index (χ2v) is 9.92. The topological polar surface area (TPSA) is 141 Å². The van der Waals surface area contributed by atoms with Crippen molar-refractivity contribution in [1.29, 1.82) is 5.41 Å². The van der Waals surface area contributed by atoms with E-state index in [0.717, 1.165) is 55.3 Å². The number of carbonyl (C=O) groups excluding carboxylic acids is 1. The van der Waals surface area contributed by atoms with Crippen LogP contribution in [0.4, 0.5) is 10.5 Å². The van der Waals surface area contributed by atoms with E-state index in [-0.39, 0.29) is 19.0 Å². The first-order chi connectivity index (χ1) is 14.2. The number of sulfonamides is 1. The van der Waals surface area contributed by atoms with Crippen molar-refractivity contribution in [2.45, 2.75) is 51.0 Å². The maximum absolute atomic E-state index is 12.7. The number of aryl methyl sites for hydroxylation is 2. The number of aliphatic hydroxyl groups is 1. The Hall–Kier alpha value is -2.59. The molecule has 1 heterocycles. The molecule has 0 radical (unpaired) electrons. The van der Waals surface area contributed by atoms with E-state index in [2.05, 4.69) is 16.7 Å². The molecular formula is C20H26N4O5S. The van der Waals surface area contributed by atoms with Gasteiger partial charge < -0.3 is 25.9 Å². The van der Waals surface area contributed by atoms with Crippen LogP contribution in [0.5, 0.6) is 0 Å². The van der Waals surface area contributed by atoms with Crippen LogP contribution in [0.1, 0.15) is 42.0 Å². The van der Waals surface area contributed by atoms with Crippen molar-refractivity contribution in [3.63, 3.8) is 0 Å². The van der Waals surface area contributed by atoms with Crippen molar-refractivity contribution < 1.29 is 23.1 Å². The Morgan fingerprint density at radius 3 is 2.40 bits per heavy atom. The lowest BCUT2D eigenvalue weighted by atomic mass is 9.99. The minimum absolute atomic E-state index is 0.0592. The zero-order valence-electron chi connectivity index (χ0n) is 16.8. The quantitative estimate of drug-likeness (QED) is 0.453. The first-order valence-corrected chi connectivity index (χ1v) is 11.5. The number of benzene rings is 1. The lowest BCUT2D eigenvalue weighted by Gasteiger charge is -2.31. The summed E-state index contributed by atoms with van der Waals surface area (Å²) in [5.41, 5.74) is 4.21. The molecule has 0 bridgehead atoms. The van der Waals surface area contributed by atoms with Crippen molar-refractivity contribution >= 4 is 28.0 Å². The van der Waals surface area contributed by atoms with E-state index in [1.807, 2.05) is 4.72 Å². The summed E-state index contributed by atoms with van der Waals surface area (Å²) in [6.45, 7) is 1.47. The maximum Gasteiger partial charge on any atom is 0.333 e. The minimum atomic E-state index is -4.35. The van der Waals surface area contributed by atoms with E-state index in [1.165, 1.54) is 18.1 Å². The first kappa shape index (κ1) is 20.7.